The van der Waals surface area contributed by atoms with Crippen LogP contribution in [-0.2, 0) is 4.79 Å². The second-order valence-corrected chi connectivity index (χ2v) is 6.86. The van der Waals surface area contributed by atoms with Gasteiger partial charge in [-0.05, 0) is 30.7 Å². The van der Waals surface area contributed by atoms with Gasteiger partial charge in [-0.15, -0.1) is 0 Å². The van der Waals surface area contributed by atoms with Crippen molar-refractivity contribution >= 4 is 23.2 Å². The third kappa shape index (κ3) is 5.66. The molecule has 0 bridgehead atoms. The molecule has 0 aliphatic rings. The van der Waals surface area contributed by atoms with E-state index in [-0.39, 0.29) is 28.9 Å². The fraction of sp³-hybridized carbons (Fsp3) is 0.130. The number of carbonyl (C=O) groups is 2. The van der Waals surface area contributed by atoms with Crippen LogP contribution in [0.5, 0.6) is 5.75 Å². The van der Waals surface area contributed by atoms with E-state index in [1.807, 2.05) is 37.3 Å². The first-order chi connectivity index (χ1) is 15.3. The molecule has 2 amide bonds. The van der Waals surface area contributed by atoms with Gasteiger partial charge in [0.1, 0.15) is 5.82 Å². The zero-order valence-corrected chi connectivity index (χ0v) is 17.1. The average molecular weight is 437 g/mol. The van der Waals surface area contributed by atoms with Crippen LogP contribution in [0.3, 0.4) is 0 Å². The summed E-state index contributed by atoms with van der Waals surface area (Å²) in [5.74, 6) is -2.16. The number of halogens is 1. The molecule has 32 heavy (non-hydrogen) atoms. The fourth-order valence-electron chi connectivity index (χ4n) is 2.97. The minimum atomic E-state index is -0.736. The van der Waals surface area contributed by atoms with Gasteiger partial charge in [-0.25, -0.2) is 4.39 Å². The van der Waals surface area contributed by atoms with Gasteiger partial charge in [-0.3, -0.25) is 19.7 Å². The van der Waals surface area contributed by atoms with Gasteiger partial charge in [-0.2, -0.15) is 0 Å². The summed E-state index contributed by atoms with van der Waals surface area (Å²) in [6.45, 7) is 1.23. The van der Waals surface area contributed by atoms with Crippen molar-refractivity contribution in [2.24, 2.45) is 0 Å². The summed E-state index contributed by atoms with van der Waals surface area (Å²) in [6, 6.07) is 18.3. The van der Waals surface area contributed by atoms with E-state index < -0.39 is 28.9 Å². The summed E-state index contributed by atoms with van der Waals surface area (Å²) < 4.78 is 18.5. The highest BCUT2D eigenvalue weighted by atomic mass is 19.1. The Labute approximate surface area is 183 Å². The molecule has 0 fully saturated rings. The topological polar surface area (TPSA) is 111 Å². The van der Waals surface area contributed by atoms with Crippen LogP contribution in [0.25, 0.3) is 0 Å². The number of nitro benzene ring substituents is 1. The first-order valence-electron chi connectivity index (χ1n) is 9.66. The maximum atomic E-state index is 13.4. The maximum absolute atomic E-state index is 13.4. The van der Waals surface area contributed by atoms with Crippen LogP contribution >= 0.6 is 0 Å². The average Bonchev–Trinajstić information content (AvgIpc) is 2.78. The van der Waals surface area contributed by atoms with E-state index in [4.69, 9.17) is 4.74 Å². The van der Waals surface area contributed by atoms with Gasteiger partial charge in [0.2, 0.25) is 5.75 Å². The number of para-hydroxylation sites is 1. The second-order valence-electron chi connectivity index (χ2n) is 6.86. The van der Waals surface area contributed by atoms with Crippen LogP contribution in [0.1, 0.15) is 28.9 Å². The van der Waals surface area contributed by atoms with Crippen LogP contribution in [-0.4, -0.2) is 23.3 Å². The van der Waals surface area contributed by atoms with Gasteiger partial charge in [0.25, 0.3) is 11.8 Å². The highest BCUT2D eigenvalue weighted by molar-refractivity contribution is 6.04. The van der Waals surface area contributed by atoms with Crippen molar-refractivity contribution in [1.29, 1.82) is 0 Å². The molecule has 0 unspecified atom stereocenters. The number of hydrogen-bond acceptors (Lipinski definition) is 5. The molecule has 1 atom stereocenters. The molecule has 0 saturated carbocycles. The molecule has 0 aromatic heterocycles. The molecular formula is C23H20FN3O5. The molecule has 8 nitrogen and oxygen atoms in total. The molecule has 0 radical (unpaired) electrons. The van der Waals surface area contributed by atoms with E-state index in [9.17, 15) is 24.1 Å². The summed E-state index contributed by atoms with van der Waals surface area (Å²) in [5.41, 5.74) is 0.939. The molecule has 3 aromatic rings. The van der Waals surface area contributed by atoms with Crippen LogP contribution in [0.15, 0.2) is 72.8 Å². The quantitative estimate of drug-likeness (QED) is 0.404. The van der Waals surface area contributed by atoms with Crippen molar-refractivity contribution in [1.82, 2.24) is 5.32 Å². The molecular weight excluding hydrogens is 417 g/mol. The lowest BCUT2D eigenvalue weighted by Gasteiger charge is -2.16. The Morgan fingerprint density at radius 2 is 1.75 bits per heavy atom. The molecule has 0 spiro atoms. The SMILES string of the molecule is C[C@@H](NC(=O)c1ccccc1NC(=O)COc1cc(F)ccc1[N+](=O)[O-])c1ccccc1. The third-order valence-electron chi connectivity index (χ3n) is 4.57. The van der Waals surface area contributed by atoms with Crippen molar-refractivity contribution in [3.05, 3.63) is 99.9 Å². The van der Waals surface area contributed by atoms with Gasteiger partial charge in [0.15, 0.2) is 6.61 Å². The monoisotopic (exact) mass is 437 g/mol. The Kier molecular flexibility index (Phi) is 7.12. The van der Waals surface area contributed by atoms with E-state index >= 15 is 0 Å². The summed E-state index contributed by atoms with van der Waals surface area (Å²) >= 11 is 0. The van der Waals surface area contributed by atoms with Crippen LogP contribution in [0.2, 0.25) is 0 Å². The highest BCUT2D eigenvalue weighted by Gasteiger charge is 2.19. The molecule has 2 N–H and O–H groups in total. The molecule has 0 aliphatic carbocycles. The third-order valence-corrected chi connectivity index (χ3v) is 4.57. The van der Waals surface area contributed by atoms with E-state index in [0.29, 0.717) is 0 Å². The lowest BCUT2D eigenvalue weighted by molar-refractivity contribution is -0.385. The number of ether oxygens (including phenoxy) is 1. The van der Waals surface area contributed by atoms with Crippen molar-refractivity contribution in [3.63, 3.8) is 0 Å². The number of nitrogens with one attached hydrogen (secondary N) is 2. The lowest BCUT2D eigenvalue weighted by Crippen LogP contribution is -2.28. The number of nitro groups is 1. The van der Waals surface area contributed by atoms with Crippen LogP contribution < -0.4 is 15.4 Å². The van der Waals surface area contributed by atoms with E-state index in [1.165, 1.54) is 0 Å². The standard InChI is InChI=1S/C23H20FN3O5/c1-15(16-7-3-2-4-8-16)25-23(29)18-9-5-6-10-19(18)26-22(28)14-32-21-13-17(24)11-12-20(21)27(30)31/h2-13,15H,14H2,1H3,(H,25,29)(H,26,28)/t15-/m1/s1. The number of hydrogen-bond donors (Lipinski definition) is 2. The fourth-order valence-corrected chi connectivity index (χ4v) is 2.97. The number of carbonyl (C=O) groups excluding carboxylic acids is 2. The molecule has 9 heteroatoms. The largest absolute Gasteiger partial charge is 0.477 e. The minimum absolute atomic E-state index is 0.236. The van der Waals surface area contributed by atoms with Crippen molar-refractivity contribution in [2.45, 2.75) is 13.0 Å². The van der Waals surface area contributed by atoms with E-state index in [1.54, 1.807) is 24.3 Å². The Morgan fingerprint density at radius 3 is 2.47 bits per heavy atom. The number of amides is 2. The smallest absolute Gasteiger partial charge is 0.311 e. The maximum Gasteiger partial charge on any atom is 0.311 e. The number of benzene rings is 3. The van der Waals surface area contributed by atoms with E-state index in [0.717, 1.165) is 23.8 Å². The van der Waals surface area contributed by atoms with Crippen LogP contribution in [0, 0.1) is 15.9 Å². The van der Waals surface area contributed by atoms with Crippen molar-refractivity contribution in [3.8, 4) is 5.75 Å². The van der Waals surface area contributed by atoms with Gasteiger partial charge in [-0.1, -0.05) is 42.5 Å². The molecule has 164 valence electrons. The number of rotatable bonds is 8. The summed E-state index contributed by atoms with van der Waals surface area (Å²) in [4.78, 5) is 35.4. The summed E-state index contributed by atoms with van der Waals surface area (Å²) in [6.07, 6.45) is 0. The number of anilines is 1. The minimum Gasteiger partial charge on any atom is -0.477 e. The van der Waals surface area contributed by atoms with Crippen LogP contribution in [0.4, 0.5) is 15.8 Å². The highest BCUT2D eigenvalue weighted by Crippen LogP contribution is 2.27. The van der Waals surface area contributed by atoms with Gasteiger partial charge >= 0.3 is 5.69 Å². The van der Waals surface area contributed by atoms with Gasteiger partial charge in [0.05, 0.1) is 22.2 Å². The molecule has 0 aliphatic heterocycles. The Hall–Kier alpha value is -4.27. The molecule has 0 heterocycles. The first-order valence-corrected chi connectivity index (χ1v) is 9.66. The Morgan fingerprint density at radius 1 is 1.06 bits per heavy atom. The Bertz CT molecular complexity index is 1140. The lowest BCUT2D eigenvalue weighted by atomic mass is 10.1. The van der Waals surface area contributed by atoms with Gasteiger partial charge < -0.3 is 15.4 Å². The first kappa shape index (κ1) is 22.4. The van der Waals surface area contributed by atoms with Crippen molar-refractivity contribution < 1.29 is 23.6 Å². The molecule has 3 rings (SSSR count). The number of nitrogens with zero attached hydrogens (tertiary/aromatic N) is 1. The zero-order chi connectivity index (χ0) is 23.1. The molecule has 3 aromatic carbocycles. The summed E-state index contributed by atoms with van der Waals surface area (Å²) in [5, 5.41) is 16.5. The predicted molar refractivity (Wildman–Crippen MR) is 116 cm³/mol. The Balaban J connectivity index is 1.67. The predicted octanol–water partition coefficient (Wildman–Crippen LogP) is 4.24. The summed E-state index contributed by atoms with van der Waals surface area (Å²) in [7, 11) is 0. The van der Waals surface area contributed by atoms with Crippen molar-refractivity contribution in [2.75, 3.05) is 11.9 Å². The van der Waals surface area contributed by atoms with Gasteiger partial charge in [0, 0.05) is 12.1 Å². The van der Waals surface area contributed by atoms with E-state index in [2.05, 4.69) is 10.6 Å². The molecule has 0 saturated heterocycles. The second kappa shape index (κ2) is 10.2. The zero-order valence-electron chi connectivity index (χ0n) is 17.1. The normalized spacial score (nSPS) is 11.3.